The van der Waals surface area contributed by atoms with Crippen molar-refractivity contribution in [2.75, 3.05) is 6.61 Å². The smallest absolute Gasteiger partial charge is 0.330 e. The zero-order chi connectivity index (χ0) is 10.5. The van der Waals surface area contributed by atoms with Crippen LogP contribution in [-0.4, -0.2) is 23.0 Å². The number of nitro groups is 1. The number of allylic oxidation sites excluding steroid dienone is 1. The third kappa shape index (κ3) is 4.25. The molecule has 0 heterocycles. The first kappa shape index (κ1) is 11.6. The molecule has 5 nitrogen and oxygen atoms in total. The van der Waals surface area contributed by atoms with Gasteiger partial charge in [0.25, 0.3) is 0 Å². The SMILES string of the molecule is CC=CC(=O)OCC(C)(C)[N+](=O)[O-]. The fourth-order valence-corrected chi connectivity index (χ4v) is 0.485. The zero-order valence-electron chi connectivity index (χ0n) is 7.94. The molecule has 0 aromatic heterocycles. The van der Waals surface area contributed by atoms with Crippen molar-refractivity contribution in [3.05, 3.63) is 22.3 Å². The van der Waals surface area contributed by atoms with Crippen molar-refractivity contribution in [1.82, 2.24) is 0 Å². The summed E-state index contributed by atoms with van der Waals surface area (Å²) in [5.41, 5.74) is -1.22. The average Bonchev–Trinajstić information content (AvgIpc) is 2.01. The summed E-state index contributed by atoms with van der Waals surface area (Å²) in [6.45, 7) is 4.24. The van der Waals surface area contributed by atoms with Gasteiger partial charge in [0.15, 0.2) is 6.61 Å². The molecule has 0 N–H and O–H groups in total. The van der Waals surface area contributed by atoms with E-state index >= 15 is 0 Å². The highest BCUT2D eigenvalue weighted by Gasteiger charge is 2.32. The second kappa shape index (κ2) is 4.59. The molecule has 0 saturated carbocycles. The third-order valence-electron chi connectivity index (χ3n) is 1.36. The molecule has 0 aromatic carbocycles. The minimum atomic E-state index is -1.22. The molecule has 0 aliphatic heterocycles. The Morgan fingerprint density at radius 1 is 1.62 bits per heavy atom. The maximum absolute atomic E-state index is 10.8. The molecule has 5 heteroatoms. The molecule has 74 valence electrons. The van der Waals surface area contributed by atoms with Gasteiger partial charge >= 0.3 is 5.97 Å². The number of esters is 1. The van der Waals surface area contributed by atoms with Crippen molar-refractivity contribution in [2.24, 2.45) is 0 Å². The van der Waals surface area contributed by atoms with Crippen molar-refractivity contribution in [3.63, 3.8) is 0 Å². The lowest BCUT2D eigenvalue weighted by molar-refractivity contribution is -0.563. The molecule has 0 fully saturated rings. The summed E-state index contributed by atoms with van der Waals surface area (Å²) < 4.78 is 4.64. The number of ether oxygens (including phenoxy) is 1. The van der Waals surface area contributed by atoms with E-state index < -0.39 is 16.4 Å². The minimum absolute atomic E-state index is 0.219. The van der Waals surface area contributed by atoms with Crippen LogP contribution in [0.5, 0.6) is 0 Å². The first-order valence-electron chi connectivity index (χ1n) is 3.84. The van der Waals surface area contributed by atoms with E-state index in [4.69, 9.17) is 0 Å². The summed E-state index contributed by atoms with van der Waals surface area (Å²) in [5.74, 6) is -0.558. The number of hydrogen-bond acceptors (Lipinski definition) is 4. The van der Waals surface area contributed by atoms with Crippen molar-refractivity contribution < 1.29 is 14.5 Å². The normalized spacial score (nSPS) is 11.6. The quantitative estimate of drug-likeness (QED) is 0.286. The third-order valence-corrected chi connectivity index (χ3v) is 1.36. The molecule has 0 rings (SSSR count). The van der Waals surface area contributed by atoms with E-state index in [-0.39, 0.29) is 6.61 Å². The molecule has 0 atom stereocenters. The summed E-state index contributed by atoms with van der Waals surface area (Å²) in [6.07, 6.45) is 2.73. The van der Waals surface area contributed by atoms with Gasteiger partial charge < -0.3 is 4.74 Å². The van der Waals surface area contributed by atoms with Gasteiger partial charge in [0.05, 0.1) is 0 Å². The zero-order valence-corrected chi connectivity index (χ0v) is 7.94. The Bertz CT molecular complexity index is 232. The van der Waals surface area contributed by atoms with Crippen LogP contribution < -0.4 is 0 Å². The summed E-state index contributed by atoms with van der Waals surface area (Å²) in [4.78, 5) is 20.7. The minimum Gasteiger partial charge on any atom is -0.455 e. The van der Waals surface area contributed by atoms with E-state index in [0.717, 1.165) is 0 Å². The van der Waals surface area contributed by atoms with Crippen LogP contribution in [0.1, 0.15) is 20.8 Å². The standard InChI is InChI=1S/C8H13NO4/c1-4-5-7(10)13-6-8(2,3)9(11)12/h4-5H,6H2,1-3H3. The molecule has 0 amide bonds. The van der Waals surface area contributed by atoms with E-state index in [9.17, 15) is 14.9 Å². The predicted octanol–water partition coefficient (Wildman–Crippen LogP) is 1.16. The van der Waals surface area contributed by atoms with Crippen LogP contribution in [0.2, 0.25) is 0 Å². The lowest BCUT2D eigenvalue weighted by Gasteiger charge is -2.14. The van der Waals surface area contributed by atoms with Gasteiger partial charge in [-0.05, 0) is 6.92 Å². The fourth-order valence-electron chi connectivity index (χ4n) is 0.485. The molecule has 0 unspecified atom stereocenters. The van der Waals surface area contributed by atoms with Crippen LogP contribution in [0.3, 0.4) is 0 Å². The van der Waals surface area contributed by atoms with Gasteiger partial charge in [-0.15, -0.1) is 0 Å². The average molecular weight is 187 g/mol. The molecular formula is C8H13NO4. The highest BCUT2D eigenvalue weighted by atomic mass is 16.6. The van der Waals surface area contributed by atoms with Crippen molar-refractivity contribution in [1.29, 1.82) is 0 Å². The summed E-state index contributed by atoms with van der Waals surface area (Å²) in [5, 5.41) is 10.4. The Balaban J connectivity index is 4.02. The van der Waals surface area contributed by atoms with Crippen molar-refractivity contribution in [3.8, 4) is 0 Å². The van der Waals surface area contributed by atoms with Crippen molar-refractivity contribution in [2.45, 2.75) is 26.3 Å². The largest absolute Gasteiger partial charge is 0.455 e. The van der Waals surface area contributed by atoms with E-state index in [0.29, 0.717) is 0 Å². The lowest BCUT2D eigenvalue weighted by Crippen LogP contribution is -2.36. The van der Waals surface area contributed by atoms with Gasteiger partial charge in [-0.3, -0.25) is 10.1 Å². The number of nitrogens with zero attached hydrogens (tertiary/aromatic N) is 1. The molecular weight excluding hydrogens is 174 g/mol. The molecule has 0 bridgehead atoms. The highest BCUT2D eigenvalue weighted by molar-refractivity contribution is 5.81. The number of hydrogen-bond donors (Lipinski definition) is 0. The molecule has 0 aliphatic rings. The maximum Gasteiger partial charge on any atom is 0.330 e. The van der Waals surface area contributed by atoms with Gasteiger partial charge in [-0.25, -0.2) is 4.79 Å². The molecule has 0 spiro atoms. The summed E-state index contributed by atoms with van der Waals surface area (Å²) >= 11 is 0. The van der Waals surface area contributed by atoms with Crippen LogP contribution in [0.4, 0.5) is 0 Å². The van der Waals surface area contributed by atoms with Crippen LogP contribution in [0, 0.1) is 10.1 Å². The Morgan fingerprint density at radius 2 is 2.15 bits per heavy atom. The lowest BCUT2D eigenvalue weighted by atomic mass is 10.1. The van der Waals surface area contributed by atoms with Gasteiger partial charge in [-0.2, -0.15) is 0 Å². The number of carbonyl (C=O) groups excluding carboxylic acids is 1. The van der Waals surface area contributed by atoms with E-state index in [1.807, 2.05) is 0 Å². The molecule has 13 heavy (non-hydrogen) atoms. The Labute approximate surface area is 76.5 Å². The number of carbonyl (C=O) groups is 1. The second-order valence-corrected chi connectivity index (χ2v) is 3.18. The Hall–Kier alpha value is -1.39. The van der Waals surface area contributed by atoms with Gasteiger partial charge in [0.1, 0.15) is 0 Å². The molecule has 0 aromatic rings. The first-order chi connectivity index (χ1) is 5.90. The van der Waals surface area contributed by atoms with Crippen LogP contribution in [0.15, 0.2) is 12.2 Å². The second-order valence-electron chi connectivity index (χ2n) is 3.18. The van der Waals surface area contributed by atoms with E-state index in [1.165, 1.54) is 26.0 Å². The predicted molar refractivity (Wildman–Crippen MR) is 46.8 cm³/mol. The van der Waals surface area contributed by atoms with Crippen LogP contribution in [0.25, 0.3) is 0 Å². The molecule has 0 saturated heterocycles. The highest BCUT2D eigenvalue weighted by Crippen LogP contribution is 2.07. The first-order valence-corrected chi connectivity index (χ1v) is 3.84. The van der Waals surface area contributed by atoms with E-state index in [2.05, 4.69) is 4.74 Å². The molecule has 0 radical (unpaired) electrons. The number of rotatable bonds is 4. The summed E-state index contributed by atoms with van der Waals surface area (Å²) in [6, 6.07) is 0. The topological polar surface area (TPSA) is 69.4 Å². The van der Waals surface area contributed by atoms with Crippen LogP contribution >= 0.6 is 0 Å². The monoisotopic (exact) mass is 187 g/mol. The van der Waals surface area contributed by atoms with Gasteiger partial charge in [-0.1, -0.05) is 6.08 Å². The van der Waals surface area contributed by atoms with Crippen molar-refractivity contribution >= 4 is 5.97 Å². The maximum atomic E-state index is 10.8. The Kier molecular flexibility index (Phi) is 4.10. The summed E-state index contributed by atoms with van der Waals surface area (Å²) in [7, 11) is 0. The molecule has 0 aliphatic carbocycles. The fraction of sp³-hybridized carbons (Fsp3) is 0.625. The Morgan fingerprint density at radius 3 is 2.54 bits per heavy atom. The van der Waals surface area contributed by atoms with Crippen LogP contribution in [-0.2, 0) is 9.53 Å². The van der Waals surface area contributed by atoms with E-state index in [1.54, 1.807) is 6.92 Å². The van der Waals surface area contributed by atoms with Gasteiger partial charge in [0.2, 0.25) is 5.54 Å². The van der Waals surface area contributed by atoms with Gasteiger partial charge in [0, 0.05) is 24.8 Å².